The molecule has 13 heteroatoms. The Kier molecular flexibility index (Phi) is 9.26. The minimum absolute atomic E-state index is 0.0412. The number of nitrogens with one attached hydrogen (secondary N) is 1. The minimum atomic E-state index is -1.87. The fraction of sp³-hybridized carbons (Fsp3) is 0.360. The Balaban J connectivity index is 1.57. The molecule has 2 amide bonds. The third kappa shape index (κ3) is 6.99. The van der Waals surface area contributed by atoms with E-state index in [1.807, 2.05) is 0 Å². The maximum Gasteiger partial charge on any atom is 0.415 e. The molecular weight excluding hydrogens is 516 g/mol. The number of carbonyl (C=O) groups excluding carboxylic acids is 3. The lowest BCUT2D eigenvalue weighted by Gasteiger charge is -2.31. The van der Waals surface area contributed by atoms with Crippen LogP contribution in [0.1, 0.15) is 24.8 Å². The third-order valence-electron chi connectivity index (χ3n) is 5.93. The number of aliphatic carboxylic acids is 1. The molecule has 0 aromatic heterocycles. The Labute approximate surface area is 214 Å². The second-order valence-electron chi connectivity index (χ2n) is 8.61. The summed E-state index contributed by atoms with van der Waals surface area (Å²) in [6, 6.07) is 5.25. The van der Waals surface area contributed by atoms with E-state index >= 15 is 0 Å². The van der Waals surface area contributed by atoms with Crippen molar-refractivity contribution >= 4 is 23.8 Å². The summed E-state index contributed by atoms with van der Waals surface area (Å²) in [7, 11) is 0. The number of carboxylic acids is 1. The number of aryl methyl sites for hydroxylation is 1. The molecule has 2 aromatic carbocycles. The van der Waals surface area contributed by atoms with Crippen LogP contribution >= 0.6 is 0 Å². The van der Waals surface area contributed by atoms with E-state index in [4.69, 9.17) is 9.84 Å². The van der Waals surface area contributed by atoms with Crippen molar-refractivity contribution < 1.29 is 51.3 Å². The number of benzene rings is 2. The number of piperidine rings is 1. The Morgan fingerprint density at radius 1 is 1.05 bits per heavy atom. The number of Topliss-reactive ketones (excluding diaryl/α,β-unsaturated/α-hetero) is 1. The lowest BCUT2D eigenvalue weighted by molar-refractivity contribution is -0.141. The number of hydrogen-bond donors (Lipinski definition) is 2. The van der Waals surface area contributed by atoms with Gasteiger partial charge in [-0.2, -0.15) is 8.78 Å². The van der Waals surface area contributed by atoms with E-state index < -0.39 is 77.8 Å². The number of rotatable bonds is 9. The van der Waals surface area contributed by atoms with Gasteiger partial charge in [-0.1, -0.05) is 18.2 Å². The number of carboxylic acid groups (broad SMARTS) is 1. The minimum Gasteiger partial charge on any atom is -0.481 e. The van der Waals surface area contributed by atoms with Crippen LogP contribution in [0.15, 0.2) is 30.3 Å². The zero-order valence-corrected chi connectivity index (χ0v) is 20.1. The molecule has 0 saturated carbocycles. The molecule has 204 valence electrons. The molecule has 2 N–H and O–H groups in total. The summed E-state index contributed by atoms with van der Waals surface area (Å²) in [5.41, 5.74) is 0.765. The second kappa shape index (κ2) is 12.4. The van der Waals surface area contributed by atoms with Crippen molar-refractivity contribution in [2.45, 2.75) is 32.2 Å². The van der Waals surface area contributed by atoms with Gasteiger partial charge in [-0.3, -0.25) is 14.4 Å². The average Bonchev–Trinajstić information content (AvgIpc) is 2.88. The molecule has 0 unspecified atom stereocenters. The van der Waals surface area contributed by atoms with Crippen LogP contribution in [-0.4, -0.2) is 59.5 Å². The van der Waals surface area contributed by atoms with E-state index in [0.29, 0.717) is 5.75 Å². The summed E-state index contributed by atoms with van der Waals surface area (Å²) in [6.45, 7) is 0.931. The third-order valence-corrected chi connectivity index (χ3v) is 5.93. The molecule has 1 aliphatic heterocycles. The fourth-order valence-corrected chi connectivity index (χ4v) is 3.79. The summed E-state index contributed by atoms with van der Waals surface area (Å²) in [5.74, 6) is -12.2. The predicted octanol–water partition coefficient (Wildman–Crippen LogP) is 3.37. The SMILES string of the molecule is Cc1ccccc1OC(=O)N1CCC(C(=O)N[C@@H](CC(=O)O)C(=O)COc2c(F)c(F)cc(F)c2F)CC1. The molecule has 38 heavy (non-hydrogen) atoms. The van der Waals surface area contributed by atoms with E-state index in [1.54, 1.807) is 31.2 Å². The highest BCUT2D eigenvalue weighted by atomic mass is 19.2. The number of ketones is 1. The van der Waals surface area contributed by atoms with Gasteiger partial charge in [-0.25, -0.2) is 13.6 Å². The number of ether oxygens (including phenoxy) is 2. The number of halogens is 4. The van der Waals surface area contributed by atoms with Gasteiger partial charge >= 0.3 is 12.1 Å². The van der Waals surface area contributed by atoms with Crippen LogP contribution in [0.4, 0.5) is 22.4 Å². The van der Waals surface area contributed by atoms with Crippen LogP contribution in [-0.2, 0) is 14.4 Å². The fourth-order valence-electron chi connectivity index (χ4n) is 3.79. The largest absolute Gasteiger partial charge is 0.481 e. The Hall–Kier alpha value is -4.16. The van der Waals surface area contributed by atoms with Crippen molar-refractivity contribution in [2.75, 3.05) is 19.7 Å². The molecule has 0 radical (unpaired) electrons. The van der Waals surface area contributed by atoms with Crippen LogP contribution in [0.5, 0.6) is 11.5 Å². The van der Waals surface area contributed by atoms with Gasteiger partial charge in [0.2, 0.25) is 17.5 Å². The van der Waals surface area contributed by atoms with Gasteiger partial charge in [0.15, 0.2) is 23.2 Å². The maximum atomic E-state index is 13.8. The molecule has 0 spiro atoms. The number of para-hydroxylation sites is 1. The number of amides is 2. The molecule has 1 aliphatic rings. The molecule has 1 saturated heterocycles. The summed E-state index contributed by atoms with van der Waals surface area (Å²) in [4.78, 5) is 50.3. The molecule has 3 rings (SSSR count). The van der Waals surface area contributed by atoms with Crippen LogP contribution in [0.25, 0.3) is 0 Å². The van der Waals surface area contributed by atoms with Gasteiger partial charge in [-0.15, -0.1) is 0 Å². The Morgan fingerprint density at radius 3 is 2.24 bits per heavy atom. The number of carbonyl (C=O) groups is 4. The van der Waals surface area contributed by atoms with Gasteiger partial charge < -0.3 is 24.8 Å². The molecule has 1 heterocycles. The molecule has 0 bridgehead atoms. The molecule has 9 nitrogen and oxygen atoms in total. The van der Waals surface area contributed by atoms with Crippen molar-refractivity contribution in [2.24, 2.45) is 5.92 Å². The zero-order valence-electron chi connectivity index (χ0n) is 20.1. The molecule has 2 aromatic rings. The second-order valence-corrected chi connectivity index (χ2v) is 8.61. The van der Waals surface area contributed by atoms with Gasteiger partial charge in [0, 0.05) is 25.1 Å². The van der Waals surface area contributed by atoms with Crippen molar-refractivity contribution in [1.82, 2.24) is 10.2 Å². The maximum absolute atomic E-state index is 13.8. The van der Waals surface area contributed by atoms with Gasteiger partial charge in [0.05, 0.1) is 6.42 Å². The van der Waals surface area contributed by atoms with E-state index in [2.05, 4.69) is 10.1 Å². The first-order valence-corrected chi connectivity index (χ1v) is 11.5. The normalized spacial score (nSPS) is 14.5. The van der Waals surface area contributed by atoms with E-state index in [1.165, 1.54) is 4.90 Å². The number of nitrogens with zero attached hydrogens (tertiary/aromatic N) is 1. The predicted molar refractivity (Wildman–Crippen MR) is 122 cm³/mol. The van der Waals surface area contributed by atoms with Crippen molar-refractivity contribution in [3.8, 4) is 11.5 Å². The lowest BCUT2D eigenvalue weighted by Crippen LogP contribution is -2.49. The van der Waals surface area contributed by atoms with Crippen LogP contribution in [0.2, 0.25) is 0 Å². The zero-order chi connectivity index (χ0) is 28.0. The highest BCUT2D eigenvalue weighted by Gasteiger charge is 2.32. The monoisotopic (exact) mass is 540 g/mol. The van der Waals surface area contributed by atoms with E-state index in [0.717, 1.165) is 5.56 Å². The van der Waals surface area contributed by atoms with Crippen molar-refractivity contribution in [1.29, 1.82) is 0 Å². The quantitative estimate of drug-likeness (QED) is 0.370. The van der Waals surface area contributed by atoms with Crippen molar-refractivity contribution in [3.63, 3.8) is 0 Å². The summed E-state index contributed by atoms with van der Waals surface area (Å²) in [5, 5.41) is 11.4. The van der Waals surface area contributed by atoms with Gasteiger partial charge in [0.25, 0.3) is 0 Å². The number of hydrogen-bond acceptors (Lipinski definition) is 6. The topological polar surface area (TPSA) is 122 Å². The first-order valence-electron chi connectivity index (χ1n) is 11.5. The highest BCUT2D eigenvalue weighted by Crippen LogP contribution is 2.27. The average molecular weight is 540 g/mol. The van der Waals surface area contributed by atoms with Gasteiger partial charge in [0.1, 0.15) is 18.4 Å². The van der Waals surface area contributed by atoms with Crippen LogP contribution in [0, 0.1) is 36.1 Å². The summed E-state index contributed by atoms with van der Waals surface area (Å²) < 4.78 is 64.2. The Morgan fingerprint density at radius 2 is 1.66 bits per heavy atom. The van der Waals surface area contributed by atoms with Gasteiger partial charge in [-0.05, 0) is 31.4 Å². The molecule has 0 aliphatic carbocycles. The molecule has 1 fully saturated rings. The lowest BCUT2D eigenvalue weighted by atomic mass is 9.95. The summed E-state index contributed by atoms with van der Waals surface area (Å²) >= 11 is 0. The standard InChI is InChI=1S/C25H24F4N2O7/c1-13-4-2-3-5-19(13)38-25(36)31-8-6-14(7-9-31)24(35)30-17(11-20(33)34)18(32)12-37-23-21(28)15(26)10-16(27)22(23)29/h2-5,10,14,17H,6-9,11-12H2,1H3,(H,30,35)(H,33,34)/t17-/m0/s1. The van der Waals surface area contributed by atoms with E-state index in [-0.39, 0.29) is 32.0 Å². The summed E-state index contributed by atoms with van der Waals surface area (Å²) in [6.07, 6.45) is -1.09. The molecular formula is C25H24F4N2O7. The van der Waals surface area contributed by atoms with E-state index in [9.17, 15) is 36.7 Å². The highest BCUT2D eigenvalue weighted by molar-refractivity contribution is 5.93. The molecule has 1 atom stereocenters. The van der Waals surface area contributed by atoms with Crippen molar-refractivity contribution in [3.05, 3.63) is 59.2 Å². The Bertz CT molecular complexity index is 1210. The van der Waals surface area contributed by atoms with Crippen LogP contribution < -0.4 is 14.8 Å². The van der Waals surface area contributed by atoms with Crippen LogP contribution in [0.3, 0.4) is 0 Å². The first kappa shape index (κ1) is 28.4. The number of likely N-dealkylation sites (tertiary alicyclic amines) is 1. The first-order chi connectivity index (χ1) is 18.0. The smallest absolute Gasteiger partial charge is 0.415 e.